The van der Waals surface area contributed by atoms with Gasteiger partial charge in [0.2, 0.25) is 0 Å². The van der Waals surface area contributed by atoms with Gasteiger partial charge in [-0.05, 0) is 59.2 Å². The van der Waals surface area contributed by atoms with Crippen molar-refractivity contribution in [1.29, 1.82) is 10.5 Å². The Kier molecular flexibility index (Phi) is 6.84. The Morgan fingerprint density at radius 3 is 1.50 bits per heavy atom. The Bertz CT molecular complexity index is 1840. The Balaban J connectivity index is 1.35. The summed E-state index contributed by atoms with van der Waals surface area (Å²) in [7, 11) is 0. The summed E-state index contributed by atoms with van der Waals surface area (Å²) >= 11 is 1.20. The molecule has 6 aromatic rings. The minimum atomic E-state index is 0.0740. The summed E-state index contributed by atoms with van der Waals surface area (Å²) in [5.41, 5.74) is 9.90. The van der Waals surface area contributed by atoms with Crippen LogP contribution in [0.1, 0.15) is 5.56 Å². The zero-order valence-electron chi connectivity index (χ0n) is 21.3. The van der Waals surface area contributed by atoms with Crippen molar-refractivity contribution in [3.8, 4) is 34.4 Å². The van der Waals surface area contributed by atoms with Crippen molar-refractivity contribution in [3.63, 3.8) is 0 Å². The molecule has 1 heterocycles. The van der Waals surface area contributed by atoms with E-state index in [4.69, 9.17) is 10.5 Å². The first-order valence-electron chi connectivity index (χ1n) is 12.6. The van der Waals surface area contributed by atoms with Gasteiger partial charge in [0.1, 0.15) is 28.7 Å². The van der Waals surface area contributed by atoms with E-state index in [-0.39, 0.29) is 5.57 Å². The van der Waals surface area contributed by atoms with Gasteiger partial charge in [-0.1, -0.05) is 84.9 Å². The van der Waals surface area contributed by atoms with Crippen molar-refractivity contribution < 1.29 is 0 Å². The van der Waals surface area contributed by atoms with Gasteiger partial charge < -0.3 is 4.90 Å². The zero-order valence-corrected chi connectivity index (χ0v) is 22.1. The number of anilines is 3. The third-order valence-electron chi connectivity index (χ3n) is 6.65. The second-order valence-electron chi connectivity index (χ2n) is 9.08. The van der Waals surface area contributed by atoms with Crippen LogP contribution >= 0.6 is 11.7 Å². The smallest absolute Gasteiger partial charge is 0.130 e. The summed E-state index contributed by atoms with van der Waals surface area (Å²) in [5, 5.41) is 18.0. The maximum atomic E-state index is 9.02. The van der Waals surface area contributed by atoms with Crippen molar-refractivity contribution >= 4 is 45.9 Å². The van der Waals surface area contributed by atoms with Crippen LogP contribution in [0, 0.1) is 22.7 Å². The van der Waals surface area contributed by atoms with Crippen molar-refractivity contribution in [3.05, 3.63) is 132 Å². The highest BCUT2D eigenvalue weighted by molar-refractivity contribution is 7.00. The van der Waals surface area contributed by atoms with E-state index in [1.807, 2.05) is 72.8 Å². The number of rotatable bonds is 6. The second kappa shape index (κ2) is 11.0. The van der Waals surface area contributed by atoms with Crippen molar-refractivity contribution in [1.82, 2.24) is 8.75 Å². The van der Waals surface area contributed by atoms with Crippen LogP contribution in [0.2, 0.25) is 0 Å². The number of hydrogen-bond acceptors (Lipinski definition) is 6. The average Bonchev–Trinajstić information content (AvgIpc) is 3.52. The van der Waals surface area contributed by atoms with E-state index in [0.29, 0.717) is 0 Å². The lowest BCUT2D eigenvalue weighted by Gasteiger charge is -2.25. The molecule has 0 N–H and O–H groups in total. The fourth-order valence-corrected chi connectivity index (χ4v) is 5.31. The van der Waals surface area contributed by atoms with E-state index >= 15 is 0 Å². The number of aromatic nitrogens is 2. The number of nitriles is 2. The van der Waals surface area contributed by atoms with Gasteiger partial charge >= 0.3 is 0 Å². The van der Waals surface area contributed by atoms with Crippen LogP contribution in [0.5, 0.6) is 0 Å². The molecule has 0 amide bonds. The quantitative estimate of drug-likeness (QED) is 0.201. The topological polar surface area (TPSA) is 76.6 Å². The molecule has 0 aliphatic carbocycles. The van der Waals surface area contributed by atoms with Gasteiger partial charge in [-0.2, -0.15) is 19.3 Å². The zero-order chi connectivity index (χ0) is 27.3. The molecule has 0 bridgehead atoms. The van der Waals surface area contributed by atoms with Crippen LogP contribution in [0.25, 0.3) is 39.4 Å². The molecule has 0 saturated heterocycles. The molecule has 5 nitrogen and oxygen atoms in total. The molecular formula is C34H21N5S. The van der Waals surface area contributed by atoms with E-state index < -0.39 is 0 Å². The fraction of sp³-hybridized carbons (Fsp3) is 0. The van der Waals surface area contributed by atoms with E-state index in [1.54, 1.807) is 6.08 Å². The second-order valence-corrected chi connectivity index (χ2v) is 9.61. The molecule has 188 valence electrons. The summed E-state index contributed by atoms with van der Waals surface area (Å²) < 4.78 is 9.28. The lowest BCUT2D eigenvalue weighted by molar-refractivity contribution is 1.28. The van der Waals surface area contributed by atoms with Crippen LogP contribution in [-0.2, 0) is 0 Å². The molecule has 0 aliphatic heterocycles. The lowest BCUT2D eigenvalue weighted by atomic mass is 9.97. The molecule has 6 heteroatoms. The average molecular weight is 532 g/mol. The van der Waals surface area contributed by atoms with E-state index in [1.165, 1.54) is 11.7 Å². The maximum Gasteiger partial charge on any atom is 0.130 e. The molecule has 0 fully saturated rings. The summed E-state index contributed by atoms with van der Waals surface area (Å²) in [5.74, 6) is 0. The number of hydrogen-bond donors (Lipinski definition) is 0. The molecule has 0 radical (unpaired) electrons. The normalized spacial score (nSPS) is 10.4. The van der Waals surface area contributed by atoms with Crippen LogP contribution in [0.3, 0.4) is 0 Å². The lowest BCUT2D eigenvalue weighted by Crippen LogP contribution is -2.09. The highest BCUT2D eigenvalue weighted by Gasteiger charge is 2.15. The molecule has 40 heavy (non-hydrogen) atoms. The van der Waals surface area contributed by atoms with Gasteiger partial charge in [-0.15, -0.1) is 0 Å². The fourth-order valence-electron chi connectivity index (χ4n) is 4.74. The highest BCUT2D eigenvalue weighted by atomic mass is 32.1. The third kappa shape index (κ3) is 4.83. The van der Waals surface area contributed by atoms with E-state index in [9.17, 15) is 0 Å². The first kappa shape index (κ1) is 24.8. The monoisotopic (exact) mass is 531 g/mol. The van der Waals surface area contributed by atoms with Crippen LogP contribution in [-0.4, -0.2) is 8.75 Å². The Hall–Kier alpha value is -5.56. The highest BCUT2D eigenvalue weighted by Crippen LogP contribution is 2.38. The number of benzene rings is 5. The minimum absolute atomic E-state index is 0.0740. The summed E-state index contributed by atoms with van der Waals surface area (Å²) in [6, 6.07) is 44.9. The van der Waals surface area contributed by atoms with E-state index in [0.717, 1.165) is 55.9 Å². The molecule has 0 saturated carbocycles. The van der Waals surface area contributed by atoms with Gasteiger partial charge in [0.25, 0.3) is 0 Å². The van der Waals surface area contributed by atoms with E-state index in [2.05, 4.69) is 74.3 Å². The summed E-state index contributed by atoms with van der Waals surface area (Å²) in [4.78, 5) is 2.24. The summed E-state index contributed by atoms with van der Waals surface area (Å²) in [6.45, 7) is 0. The van der Waals surface area contributed by atoms with Gasteiger partial charge in [-0.25, -0.2) is 0 Å². The number of fused-ring (bicyclic) bond motifs is 1. The Labute approximate surface area is 236 Å². The minimum Gasteiger partial charge on any atom is -0.311 e. The van der Waals surface area contributed by atoms with Gasteiger partial charge in [-0.3, -0.25) is 0 Å². The number of allylic oxidation sites excluding steroid dienone is 1. The Morgan fingerprint density at radius 2 is 1.02 bits per heavy atom. The molecule has 6 rings (SSSR count). The van der Waals surface area contributed by atoms with Crippen molar-refractivity contribution in [2.24, 2.45) is 0 Å². The van der Waals surface area contributed by atoms with Crippen LogP contribution < -0.4 is 4.90 Å². The van der Waals surface area contributed by atoms with Crippen LogP contribution in [0.4, 0.5) is 17.1 Å². The van der Waals surface area contributed by atoms with Gasteiger partial charge in [0.05, 0.1) is 11.7 Å². The van der Waals surface area contributed by atoms with Gasteiger partial charge in [0.15, 0.2) is 0 Å². The largest absolute Gasteiger partial charge is 0.311 e. The number of para-hydroxylation sites is 2. The standard InChI is InChI=1S/C34H21N5S/c35-22-25(23-36)21-24-11-13-26(14-12-24)31-19-20-32(34-33(31)37-40-38-34)27-15-17-30(18-16-27)39(28-7-3-1-4-8-28)29-9-5-2-6-10-29/h1-21H. The molecule has 0 aliphatic rings. The first-order valence-corrected chi connectivity index (χ1v) is 13.4. The SMILES string of the molecule is N#CC(C#N)=Cc1ccc(-c2ccc(-c3ccc(N(c4ccccc4)c4ccccc4)cc3)c3nsnc23)cc1. The Morgan fingerprint density at radius 1 is 0.575 bits per heavy atom. The van der Waals surface area contributed by atoms with Crippen molar-refractivity contribution in [2.45, 2.75) is 0 Å². The van der Waals surface area contributed by atoms with Gasteiger partial charge in [0, 0.05) is 28.2 Å². The number of nitrogens with zero attached hydrogens (tertiary/aromatic N) is 5. The third-order valence-corrected chi connectivity index (χ3v) is 7.18. The first-order chi connectivity index (χ1) is 19.7. The predicted molar refractivity (Wildman–Crippen MR) is 162 cm³/mol. The molecule has 0 atom stereocenters. The molecule has 0 spiro atoms. The summed E-state index contributed by atoms with van der Waals surface area (Å²) in [6.07, 6.45) is 1.58. The van der Waals surface area contributed by atoms with Crippen molar-refractivity contribution in [2.75, 3.05) is 4.90 Å². The molecule has 1 aromatic heterocycles. The predicted octanol–water partition coefficient (Wildman–Crippen LogP) is 8.93. The molecule has 0 unspecified atom stereocenters. The maximum absolute atomic E-state index is 9.02. The molecule has 5 aromatic carbocycles. The molecular weight excluding hydrogens is 510 g/mol. The van der Waals surface area contributed by atoms with Crippen LogP contribution in [0.15, 0.2) is 127 Å².